The Hall–Kier alpha value is -2.56. The molecule has 4 atom stereocenters. The van der Waals surface area contributed by atoms with E-state index < -0.39 is 47.4 Å². The summed E-state index contributed by atoms with van der Waals surface area (Å²) in [5.41, 5.74) is -1.10. The third-order valence-corrected chi connectivity index (χ3v) is 4.21. The third kappa shape index (κ3) is 8.05. The average molecular weight is 424 g/mol. The molecular weight excluding hydrogens is 392 g/mol. The maximum Gasteiger partial charge on any atom is 0.410 e. The van der Waals surface area contributed by atoms with E-state index in [9.17, 15) is 19.8 Å². The second-order valence-corrected chi connectivity index (χ2v) is 9.38. The Bertz CT molecular complexity index is 640. The molecule has 0 aromatic rings. The van der Waals surface area contributed by atoms with Crippen LogP contribution in [0, 0.1) is 34.5 Å². The van der Waals surface area contributed by atoms with Gasteiger partial charge in [-0.1, -0.05) is 0 Å². The Balaban J connectivity index is 0.000000300. The minimum atomic E-state index is -0.762. The monoisotopic (exact) mass is 424 g/mol. The normalized spacial score (nSPS) is 26.2. The minimum absolute atomic E-state index is 0.174. The Labute approximate surface area is 177 Å². The topological polar surface area (TPSA) is 147 Å². The number of rotatable bonds is 0. The second-order valence-electron chi connectivity index (χ2n) is 9.38. The predicted molar refractivity (Wildman–Crippen MR) is 106 cm³/mol. The highest BCUT2D eigenvalue weighted by Crippen LogP contribution is 2.20. The van der Waals surface area contributed by atoms with Crippen molar-refractivity contribution in [2.45, 2.75) is 65.0 Å². The molecule has 0 bridgehead atoms. The minimum Gasteiger partial charge on any atom is -0.444 e. The number of carbonyl (C=O) groups excluding carboxylic acids is 2. The molecule has 0 aliphatic carbocycles. The van der Waals surface area contributed by atoms with Gasteiger partial charge in [0.25, 0.3) is 0 Å². The quantitative estimate of drug-likeness (QED) is 0.594. The summed E-state index contributed by atoms with van der Waals surface area (Å²) in [6, 6.07) is 3.92. The van der Waals surface area contributed by atoms with E-state index in [0.717, 1.165) is 0 Å². The number of β-amino-alcohol motifs (C(OH)–C–C–N with tert-alkyl or cyclic N) is 2. The number of hydrogen-bond donors (Lipinski definition) is 2. The van der Waals surface area contributed by atoms with Gasteiger partial charge >= 0.3 is 12.2 Å². The molecule has 10 heteroatoms. The van der Waals surface area contributed by atoms with Gasteiger partial charge in [-0.15, -0.1) is 0 Å². The zero-order valence-electron chi connectivity index (χ0n) is 18.5. The molecular formula is C20H32N4O6. The molecule has 2 fully saturated rings. The van der Waals surface area contributed by atoms with Crippen LogP contribution in [0.15, 0.2) is 0 Å². The van der Waals surface area contributed by atoms with Gasteiger partial charge in [0.15, 0.2) is 0 Å². The molecule has 2 aliphatic heterocycles. The van der Waals surface area contributed by atoms with E-state index in [1.807, 2.05) is 12.1 Å². The molecule has 2 N–H and O–H groups in total. The van der Waals surface area contributed by atoms with E-state index in [4.69, 9.17) is 20.0 Å². The molecule has 0 unspecified atom stereocenters. The van der Waals surface area contributed by atoms with Gasteiger partial charge in [-0.3, -0.25) is 0 Å². The molecule has 30 heavy (non-hydrogen) atoms. The number of aliphatic hydroxyl groups excluding tert-OH is 2. The molecule has 2 rings (SSSR count). The van der Waals surface area contributed by atoms with Crippen LogP contribution in [0.25, 0.3) is 0 Å². The van der Waals surface area contributed by atoms with Crippen molar-refractivity contribution in [2.75, 3.05) is 26.2 Å². The van der Waals surface area contributed by atoms with Crippen LogP contribution >= 0.6 is 0 Å². The zero-order chi connectivity index (χ0) is 23.3. The first-order chi connectivity index (χ1) is 13.7. The highest BCUT2D eigenvalue weighted by molar-refractivity contribution is 5.69. The summed E-state index contributed by atoms with van der Waals surface area (Å²) in [6.07, 6.45) is -2.47. The van der Waals surface area contributed by atoms with Gasteiger partial charge in [-0.05, 0) is 41.5 Å². The maximum atomic E-state index is 11.6. The molecule has 10 nitrogen and oxygen atoms in total. The van der Waals surface area contributed by atoms with Gasteiger partial charge in [0.2, 0.25) is 0 Å². The van der Waals surface area contributed by atoms with Crippen LogP contribution in [0.4, 0.5) is 9.59 Å². The molecule has 2 aliphatic rings. The second kappa shape index (κ2) is 9.96. The highest BCUT2D eigenvalue weighted by Gasteiger charge is 2.37. The van der Waals surface area contributed by atoms with Crippen LogP contribution in [0.1, 0.15) is 41.5 Å². The molecule has 0 aromatic carbocycles. The molecule has 0 spiro atoms. The van der Waals surface area contributed by atoms with Crippen molar-refractivity contribution >= 4 is 12.2 Å². The van der Waals surface area contributed by atoms with Crippen molar-refractivity contribution in [1.29, 1.82) is 10.5 Å². The fourth-order valence-electron chi connectivity index (χ4n) is 2.78. The van der Waals surface area contributed by atoms with Gasteiger partial charge in [0.1, 0.15) is 11.2 Å². The number of nitriles is 2. The average Bonchev–Trinajstić information content (AvgIpc) is 3.15. The first-order valence-electron chi connectivity index (χ1n) is 9.78. The van der Waals surface area contributed by atoms with E-state index in [0.29, 0.717) is 0 Å². The number of hydrogen-bond acceptors (Lipinski definition) is 8. The van der Waals surface area contributed by atoms with Crippen molar-refractivity contribution < 1.29 is 29.3 Å². The van der Waals surface area contributed by atoms with Crippen LogP contribution in [0.5, 0.6) is 0 Å². The number of carbonyl (C=O) groups is 2. The first-order valence-corrected chi connectivity index (χ1v) is 9.78. The SMILES string of the molecule is CC(C)(C)OC(=O)N1C[C@@H](O)[C@H](C#N)C1.CC(C)(C)OC(=O)N1C[C@H](O)[C@@H](C#N)C1. The van der Waals surface area contributed by atoms with Gasteiger partial charge in [-0.2, -0.15) is 10.5 Å². The number of ether oxygens (including phenoxy) is 2. The van der Waals surface area contributed by atoms with Crippen LogP contribution in [0.2, 0.25) is 0 Å². The molecule has 168 valence electrons. The van der Waals surface area contributed by atoms with E-state index in [2.05, 4.69) is 0 Å². The van der Waals surface area contributed by atoms with E-state index in [1.165, 1.54) is 9.80 Å². The van der Waals surface area contributed by atoms with Crippen molar-refractivity contribution in [3.8, 4) is 12.1 Å². The van der Waals surface area contributed by atoms with Crippen LogP contribution in [0.3, 0.4) is 0 Å². The van der Waals surface area contributed by atoms with E-state index in [1.54, 1.807) is 41.5 Å². The number of aliphatic hydroxyl groups is 2. The molecule has 0 radical (unpaired) electrons. The predicted octanol–water partition coefficient (Wildman–Crippen LogP) is 1.48. The molecule has 0 aromatic heterocycles. The van der Waals surface area contributed by atoms with Crippen LogP contribution < -0.4 is 0 Å². The number of likely N-dealkylation sites (tertiary alicyclic amines) is 2. The molecule has 2 heterocycles. The van der Waals surface area contributed by atoms with Crippen molar-refractivity contribution in [3.63, 3.8) is 0 Å². The molecule has 0 saturated carbocycles. The van der Waals surface area contributed by atoms with Crippen molar-refractivity contribution in [3.05, 3.63) is 0 Å². The Kier molecular flexibility index (Phi) is 8.46. The fraction of sp³-hybridized carbons (Fsp3) is 0.800. The Morgan fingerprint density at radius 2 is 1.07 bits per heavy atom. The third-order valence-electron chi connectivity index (χ3n) is 4.21. The summed E-state index contributed by atoms with van der Waals surface area (Å²) < 4.78 is 10.3. The maximum absolute atomic E-state index is 11.6. The van der Waals surface area contributed by atoms with Crippen molar-refractivity contribution in [2.24, 2.45) is 11.8 Å². The van der Waals surface area contributed by atoms with E-state index in [-0.39, 0.29) is 26.2 Å². The zero-order valence-corrected chi connectivity index (χ0v) is 18.5. The summed E-state index contributed by atoms with van der Waals surface area (Å²) in [6.45, 7) is 11.5. The lowest BCUT2D eigenvalue weighted by atomic mass is 10.1. The Morgan fingerprint density at radius 3 is 1.27 bits per heavy atom. The van der Waals surface area contributed by atoms with Gasteiger partial charge in [0.05, 0.1) is 49.3 Å². The summed E-state index contributed by atoms with van der Waals surface area (Å²) in [5, 5.41) is 36.2. The summed E-state index contributed by atoms with van der Waals surface area (Å²) in [5.74, 6) is -1.00. The Morgan fingerprint density at radius 1 is 0.767 bits per heavy atom. The summed E-state index contributed by atoms with van der Waals surface area (Å²) in [7, 11) is 0. The molecule has 2 saturated heterocycles. The lowest BCUT2D eigenvalue weighted by molar-refractivity contribution is 0.0261. The van der Waals surface area contributed by atoms with Crippen LogP contribution in [-0.4, -0.2) is 81.8 Å². The van der Waals surface area contributed by atoms with E-state index >= 15 is 0 Å². The lowest BCUT2D eigenvalue weighted by Crippen LogP contribution is -2.35. The smallest absolute Gasteiger partial charge is 0.410 e. The standard InChI is InChI=1S/2C10H16N2O3/c2*1-10(2,3)15-9(14)12-5-7(4-11)8(13)6-12/h2*7-8,13H,5-6H2,1-3H3/t2*7-,8-/m10/s1. The first kappa shape index (κ1) is 25.5. The van der Waals surface area contributed by atoms with Crippen LogP contribution in [-0.2, 0) is 9.47 Å². The van der Waals surface area contributed by atoms with Crippen molar-refractivity contribution in [1.82, 2.24) is 9.80 Å². The molecule has 2 amide bonds. The summed E-state index contributed by atoms with van der Waals surface area (Å²) in [4.78, 5) is 25.8. The highest BCUT2D eigenvalue weighted by atomic mass is 16.6. The summed E-state index contributed by atoms with van der Waals surface area (Å²) >= 11 is 0. The van der Waals surface area contributed by atoms with Gasteiger partial charge < -0.3 is 29.5 Å². The largest absolute Gasteiger partial charge is 0.444 e. The number of nitrogens with zero attached hydrogens (tertiary/aromatic N) is 4. The van der Waals surface area contributed by atoms with Gasteiger partial charge in [0, 0.05) is 13.1 Å². The lowest BCUT2D eigenvalue weighted by Gasteiger charge is -2.24. The van der Waals surface area contributed by atoms with Gasteiger partial charge in [-0.25, -0.2) is 9.59 Å². The number of amides is 2. The fourth-order valence-corrected chi connectivity index (χ4v) is 2.78.